The topological polar surface area (TPSA) is 41.6 Å². The zero-order valence-electron chi connectivity index (χ0n) is 13.8. The fourth-order valence-corrected chi connectivity index (χ4v) is 3.03. The molecule has 25 heavy (non-hydrogen) atoms. The normalized spacial score (nSPS) is 14.4. The molecule has 0 bridgehead atoms. The molecule has 1 fully saturated rings. The second-order valence-corrected chi connectivity index (χ2v) is 5.89. The molecule has 0 aromatic heterocycles. The molecule has 0 aliphatic carbocycles. The number of alkyl halides is 2. The standard InChI is InChI=1S/C19H20F2N2O2/c20-19(21)25-17-11-5-2-8-14(17)18(24)22-15-9-3-4-10-16(15)23-12-6-1-7-13-23/h2-5,8-11,19H,1,6-7,12-13H2,(H,22,24). The highest BCUT2D eigenvalue weighted by atomic mass is 19.3. The zero-order chi connectivity index (χ0) is 17.6. The van der Waals surface area contributed by atoms with Gasteiger partial charge in [0.2, 0.25) is 0 Å². The summed E-state index contributed by atoms with van der Waals surface area (Å²) in [5.74, 6) is -0.605. The first kappa shape index (κ1) is 17.2. The Hall–Kier alpha value is -2.63. The lowest BCUT2D eigenvalue weighted by atomic mass is 10.1. The number of benzene rings is 2. The van der Waals surface area contributed by atoms with Gasteiger partial charge < -0.3 is 15.0 Å². The lowest BCUT2D eigenvalue weighted by Gasteiger charge is -2.30. The van der Waals surface area contributed by atoms with E-state index >= 15 is 0 Å². The summed E-state index contributed by atoms with van der Waals surface area (Å²) in [5, 5.41) is 2.83. The summed E-state index contributed by atoms with van der Waals surface area (Å²) in [6, 6.07) is 13.5. The molecular weight excluding hydrogens is 326 g/mol. The van der Waals surface area contributed by atoms with Gasteiger partial charge in [-0.05, 0) is 43.5 Å². The maximum absolute atomic E-state index is 12.6. The third kappa shape index (κ3) is 4.26. The third-order valence-electron chi connectivity index (χ3n) is 4.20. The fourth-order valence-electron chi connectivity index (χ4n) is 3.03. The summed E-state index contributed by atoms with van der Waals surface area (Å²) in [4.78, 5) is 14.8. The Balaban J connectivity index is 1.82. The number of halogens is 2. The largest absolute Gasteiger partial charge is 0.434 e. The van der Waals surface area contributed by atoms with E-state index in [1.165, 1.54) is 18.6 Å². The van der Waals surface area contributed by atoms with E-state index in [9.17, 15) is 13.6 Å². The molecule has 0 radical (unpaired) electrons. The number of nitrogens with one attached hydrogen (secondary N) is 1. The number of carbonyl (C=O) groups excluding carboxylic acids is 1. The second kappa shape index (κ2) is 7.96. The van der Waals surface area contributed by atoms with Gasteiger partial charge in [-0.15, -0.1) is 0 Å². The molecule has 0 unspecified atom stereocenters. The molecule has 1 saturated heterocycles. The van der Waals surface area contributed by atoms with Crippen molar-refractivity contribution in [2.24, 2.45) is 0 Å². The predicted octanol–water partition coefficient (Wildman–Crippen LogP) is 4.53. The SMILES string of the molecule is O=C(Nc1ccccc1N1CCCCC1)c1ccccc1OC(F)F. The Kier molecular flexibility index (Phi) is 5.48. The summed E-state index contributed by atoms with van der Waals surface area (Å²) in [7, 11) is 0. The van der Waals surface area contributed by atoms with Crippen molar-refractivity contribution in [3.63, 3.8) is 0 Å². The van der Waals surface area contributed by atoms with Gasteiger partial charge in [0.05, 0.1) is 16.9 Å². The van der Waals surface area contributed by atoms with Gasteiger partial charge in [0.1, 0.15) is 5.75 Å². The van der Waals surface area contributed by atoms with Crippen LogP contribution in [-0.2, 0) is 0 Å². The molecule has 2 aromatic rings. The van der Waals surface area contributed by atoms with E-state index in [1.54, 1.807) is 12.1 Å². The molecule has 6 heteroatoms. The van der Waals surface area contributed by atoms with E-state index in [1.807, 2.05) is 24.3 Å². The van der Waals surface area contributed by atoms with Crippen LogP contribution in [0.2, 0.25) is 0 Å². The first-order chi connectivity index (χ1) is 12.1. The van der Waals surface area contributed by atoms with Crippen LogP contribution in [0.4, 0.5) is 20.2 Å². The highest BCUT2D eigenvalue weighted by Gasteiger charge is 2.19. The smallest absolute Gasteiger partial charge is 0.387 e. The Morgan fingerprint density at radius 3 is 2.44 bits per heavy atom. The van der Waals surface area contributed by atoms with Crippen LogP contribution < -0.4 is 15.0 Å². The van der Waals surface area contributed by atoms with Gasteiger partial charge in [0, 0.05) is 13.1 Å². The average Bonchev–Trinajstić information content (AvgIpc) is 2.63. The monoisotopic (exact) mass is 346 g/mol. The number of ether oxygens (including phenoxy) is 1. The van der Waals surface area contributed by atoms with Crippen LogP contribution in [0.15, 0.2) is 48.5 Å². The second-order valence-electron chi connectivity index (χ2n) is 5.89. The fraction of sp³-hybridized carbons (Fsp3) is 0.316. The van der Waals surface area contributed by atoms with E-state index in [0.29, 0.717) is 5.69 Å². The molecule has 0 spiro atoms. The van der Waals surface area contributed by atoms with E-state index in [2.05, 4.69) is 15.0 Å². The van der Waals surface area contributed by atoms with Crippen molar-refractivity contribution in [2.75, 3.05) is 23.3 Å². The van der Waals surface area contributed by atoms with E-state index in [0.717, 1.165) is 31.6 Å². The molecule has 1 aliphatic heterocycles. The number of piperidine rings is 1. The minimum absolute atomic E-state index is 0.0799. The maximum atomic E-state index is 12.6. The number of amides is 1. The van der Waals surface area contributed by atoms with E-state index < -0.39 is 12.5 Å². The van der Waals surface area contributed by atoms with E-state index in [-0.39, 0.29) is 11.3 Å². The highest BCUT2D eigenvalue weighted by Crippen LogP contribution is 2.29. The van der Waals surface area contributed by atoms with Crippen molar-refractivity contribution >= 4 is 17.3 Å². The Morgan fingerprint density at radius 1 is 1.00 bits per heavy atom. The predicted molar refractivity (Wildman–Crippen MR) is 93.5 cm³/mol. The summed E-state index contributed by atoms with van der Waals surface area (Å²) in [6.07, 6.45) is 3.45. The van der Waals surface area contributed by atoms with Crippen molar-refractivity contribution in [3.8, 4) is 5.75 Å². The van der Waals surface area contributed by atoms with Gasteiger partial charge in [-0.3, -0.25) is 4.79 Å². The summed E-state index contributed by atoms with van der Waals surface area (Å²) in [5.41, 5.74) is 1.69. The number of anilines is 2. The van der Waals surface area contributed by atoms with Crippen molar-refractivity contribution in [2.45, 2.75) is 25.9 Å². The minimum Gasteiger partial charge on any atom is -0.434 e. The summed E-state index contributed by atoms with van der Waals surface area (Å²) in [6.45, 7) is -1.09. The van der Waals surface area contributed by atoms with Crippen molar-refractivity contribution in [3.05, 3.63) is 54.1 Å². The number of hydrogen-bond acceptors (Lipinski definition) is 3. The van der Waals surface area contributed by atoms with Gasteiger partial charge in [-0.25, -0.2) is 0 Å². The van der Waals surface area contributed by atoms with Gasteiger partial charge in [-0.2, -0.15) is 8.78 Å². The molecule has 1 amide bonds. The average molecular weight is 346 g/mol. The quantitative estimate of drug-likeness (QED) is 0.865. The van der Waals surface area contributed by atoms with Crippen LogP contribution in [-0.4, -0.2) is 25.6 Å². The van der Waals surface area contributed by atoms with Crippen molar-refractivity contribution in [1.82, 2.24) is 0 Å². The van der Waals surface area contributed by atoms with Crippen LogP contribution >= 0.6 is 0 Å². The molecule has 3 rings (SSSR count). The maximum Gasteiger partial charge on any atom is 0.387 e. The number of carbonyl (C=O) groups is 1. The zero-order valence-corrected chi connectivity index (χ0v) is 13.8. The van der Waals surface area contributed by atoms with Crippen LogP contribution in [0.1, 0.15) is 29.6 Å². The number of nitrogens with zero attached hydrogens (tertiary/aromatic N) is 1. The first-order valence-corrected chi connectivity index (χ1v) is 8.34. The Morgan fingerprint density at radius 2 is 1.68 bits per heavy atom. The van der Waals surface area contributed by atoms with Crippen molar-refractivity contribution < 1.29 is 18.3 Å². The lowest BCUT2D eigenvalue weighted by Crippen LogP contribution is -2.30. The molecule has 1 heterocycles. The molecule has 0 saturated carbocycles. The van der Waals surface area contributed by atoms with Gasteiger partial charge in [0.25, 0.3) is 5.91 Å². The van der Waals surface area contributed by atoms with Gasteiger partial charge >= 0.3 is 6.61 Å². The van der Waals surface area contributed by atoms with E-state index in [4.69, 9.17) is 0 Å². The Bertz CT molecular complexity index is 731. The van der Waals surface area contributed by atoms with Crippen LogP contribution in [0.5, 0.6) is 5.75 Å². The van der Waals surface area contributed by atoms with Crippen LogP contribution in [0, 0.1) is 0 Å². The van der Waals surface area contributed by atoms with Gasteiger partial charge in [0.15, 0.2) is 0 Å². The van der Waals surface area contributed by atoms with Crippen LogP contribution in [0.25, 0.3) is 0 Å². The molecule has 4 nitrogen and oxygen atoms in total. The summed E-state index contributed by atoms with van der Waals surface area (Å²) >= 11 is 0. The summed E-state index contributed by atoms with van der Waals surface area (Å²) < 4.78 is 29.5. The van der Waals surface area contributed by atoms with Gasteiger partial charge in [-0.1, -0.05) is 24.3 Å². The molecule has 1 aliphatic rings. The van der Waals surface area contributed by atoms with Crippen LogP contribution in [0.3, 0.4) is 0 Å². The highest BCUT2D eigenvalue weighted by molar-refractivity contribution is 6.07. The number of rotatable bonds is 5. The first-order valence-electron chi connectivity index (χ1n) is 8.34. The minimum atomic E-state index is -2.98. The molecule has 2 aromatic carbocycles. The lowest BCUT2D eigenvalue weighted by molar-refractivity contribution is -0.0501. The molecule has 1 N–H and O–H groups in total. The Labute approximate surface area is 145 Å². The molecule has 0 atom stereocenters. The molecule has 132 valence electrons. The molecular formula is C19H20F2N2O2. The number of hydrogen-bond donors (Lipinski definition) is 1. The number of para-hydroxylation sites is 3. The third-order valence-corrected chi connectivity index (χ3v) is 4.20. The van der Waals surface area contributed by atoms with Crippen molar-refractivity contribution in [1.29, 1.82) is 0 Å².